The summed E-state index contributed by atoms with van der Waals surface area (Å²) in [6.07, 6.45) is 0.335. The number of hydrogen-bond donors (Lipinski definition) is 1. The normalized spacial score (nSPS) is 27.0. The van der Waals surface area contributed by atoms with E-state index < -0.39 is 21.4 Å². The van der Waals surface area contributed by atoms with Gasteiger partial charge in [-0.25, -0.2) is 8.42 Å². The lowest BCUT2D eigenvalue weighted by molar-refractivity contribution is -0.157. The molecule has 0 radical (unpaired) electrons. The van der Waals surface area contributed by atoms with Crippen LogP contribution in [0.2, 0.25) is 0 Å². The van der Waals surface area contributed by atoms with Crippen molar-refractivity contribution < 1.29 is 27.8 Å². The highest BCUT2D eigenvalue weighted by atomic mass is 32.2. The van der Waals surface area contributed by atoms with Crippen LogP contribution in [-0.4, -0.2) is 56.7 Å². The zero-order valence-corrected chi connectivity index (χ0v) is 15.2. The topological polar surface area (TPSA) is 93.1 Å². The lowest BCUT2D eigenvalue weighted by atomic mass is 9.74. The molecule has 2 fully saturated rings. The van der Waals surface area contributed by atoms with Gasteiger partial charge in [0.15, 0.2) is 0 Å². The highest BCUT2D eigenvalue weighted by molar-refractivity contribution is 7.89. The number of aryl methyl sites for hydroxylation is 1. The van der Waals surface area contributed by atoms with E-state index in [2.05, 4.69) is 0 Å². The number of carboxylic acids is 1. The van der Waals surface area contributed by atoms with Gasteiger partial charge in [-0.1, -0.05) is 0 Å². The summed E-state index contributed by atoms with van der Waals surface area (Å²) in [5, 5.41) is 9.70. The fraction of sp³-hybridized carbons (Fsp3) is 0.588. The fourth-order valence-corrected chi connectivity index (χ4v) is 5.33. The van der Waals surface area contributed by atoms with Gasteiger partial charge in [-0.15, -0.1) is 0 Å². The number of carbonyl (C=O) groups is 1. The van der Waals surface area contributed by atoms with Crippen LogP contribution in [0.3, 0.4) is 0 Å². The first-order valence-corrected chi connectivity index (χ1v) is 9.80. The minimum atomic E-state index is -3.76. The summed E-state index contributed by atoms with van der Waals surface area (Å²) < 4.78 is 38.2. The van der Waals surface area contributed by atoms with Gasteiger partial charge in [0, 0.05) is 25.6 Å². The van der Waals surface area contributed by atoms with Crippen molar-refractivity contribution in [2.75, 3.05) is 32.9 Å². The lowest BCUT2D eigenvalue weighted by Gasteiger charge is -2.34. The van der Waals surface area contributed by atoms with Crippen LogP contribution >= 0.6 is 0 Å². The van der Waals surface area contributed by atoms with Crippen LogP contribution in [-0.2, 0) is 19.6 Å². The summed E-state index contributed by atoms with van der Waals surface area (Å²) in [6.45, 7) is 4.94. The first kappa shape index (κ1) is 18.2. The van der Waals surface area contributed by atoms with Crippen molar-refractivity contribution in [3.63, 3.8) is 0 Å². The van der Waals surface area contributed by atoms with Crippen LogP contribution in [0.25, 0.3) is 0 Å². The molecule has 0 aliphatic carbocycles. The van der Waals surface area contributed by atoms with E-state index in [4.69, 9.17) is 9.47 Å². The third-order valence-corrected chi connectivity index (χ3v) is 6.99. The maximum absolute atomic E-state index is 13.0. The molecule has 0 unspecified atom stereocenters. The van der Waals surface area contributed by atoms with Gasteiger partial charge in [0.05, 0.1) is 23.5 Å². The van der Waals surface area contributed by atoms with E-state index in [0.717, 1.165) is 5.56 Å². The Kier molecular flexibility index (Phi) is 4.78. The number of ether oxygens (including phenoxy) is 2. The van der Waals surface area contributed by atoms with Gasteiger partial charge < -0.3 is 14.6 Å². The van der Waals surface area contributed by atoms with Gasteiger partial charge in [-0.05, 0) is 44.0 Å². The Bertz CT molecular complexity index is 777. The zero-order valence-electron chi connectivity index (χ0n) is 14.4. The molecule has 0 bridgehead atoms. The summed E-state index contributed by atoms with van der Waals surface area (Å²) in [4.78, 5) is 12.0. The van der Waals surface area contributed by atoms with Crippen LogP contribution in [0.15, 0.2) is 23.1 Å². The second kappa shape index (κ2) is 6.59. The van der Waals surface area contributed by atoms with E-state index in [1.165, 1.54) is 10.4 Å². The van der Waals surface area contributed by atoms with Crippen LogP contribution in [0.5, 0.6) is 5.75 Å². The molecule has 0 saturated carbocycles. The molecule has 7 nitrogen and oxygen atoms in total. The molecule has 2 atom stereocenters. The molecule has 2 aliphatic heterocycles. The smallest absolute Gasteiger partial charge is 0.311 e. The number of hydrogen-bond acceptors (Lipinski definition) is 5. The lowest BCUT2D eigenvalue weighted by Crippen LogP contribution is -2.45. The number of benzene rings is 1. The average Bonchev–Trinajstić information content (AvgIpc) is 2.98. The first-order chi connectivity index (χ1) is 11.8. The summed E-state index contributed by atoms with van der Waals surface area (Å²) in [6, 6.07) is 4.73. The van der Waals surface area contributed by atoms with Crippen LogP contribution in [0.1, 0.15) is 18.9 Å². The van der Waals surface area contributed by atoms with Crippen molar-refractivity contribution in [2.24, 2.45) is 11.3 Å². The third-order valence-electron chi connectivity index (χ3n) is 5.19. The van der Waals surface area contributed by atoms with E-state index in [-0.39, 0.29) is 30.5 Å². The Labute approximate surface area is 147 Å². The van der Waals surface area contributed by atoms with E-state index in [9.17, 15) is 18.3 Å². The highest BCUT2D eigenvalue weighted by Gasteiger charge is 2.56. The molecule has 0 aromatic heterocycles. The van der Waals surface area contributed by atoms with Gasteiger partial charge in [0.2, 0.25) is 10.0 Å². The largest absolute Gasteiger partial charge is 0.494 e. The minimum absolute atomic E-state index is 0.00898. The van der Waals surface area contributed by atoms with E-state index >= 15 is 0 Å². The minimum Gasteiger partial charge on any atom is -0.494 e. The molecule has 2 saturated heterocycles. The molecule has 1 aromatic rings. The Morgan fingerprint density at radius 1 is 1.48 bits per heavy atom. The number of fused-ring (bicyclic) bond motifs is 1. The molecule has 2 heterocycles. The van der Waals surface area contributed by atoms with Crippen molar-refractivity contribution in [3.8, 4) is 5.75 Å². The van der Waals surface area contributed by atoms with Crippen molar-refractivity contribution >= 4 is 16.0 Å². The maximum Gasteiger partial charge on any atom is 0.311 e. The van der Waals surface area contributed by atoms with Crippen molar-refractivity contribution in [1.82, 2.24) is 4.31 Å². The van der Waals surface area contributed by atoms with Gasteiger partial charge >= 0.3 is 5.97 Å². The van der Waals surface area contributed by atoms with Gasteiger partial charge in [-0.2, -0.15) is 4.31 Å². The number of aliphatic carboxylic acids is 1. The Balaban J connectivity index is 1.91. The predicted octanol–water partition coefficient (Wildman–Crippen LogP) is 1.51. The molecular formula is C17H23NO6S. The second-order valence-corrected chi connectivity index (χ2v) is 8.58. The highest BCUT2D eigenvalue weighted by Crippen LogP contribution is 2.44. The summed E-state index contributed by atoms with van der Waals surface area (Å²) in [5.74, 6) is -0.620. The molecular weight excluding hydrogens is 346 g/mol. The zero-order chi connectivity index (χ0) is 18.2. The van der Waals surface area contributed by atoms with Gasteiger partial charge in [-0.3, -0.25) is 4.79 Å². The van der Waals surface area contributed by atoms with Gasteiger partial charge in [0.1, 0.15) is 5.75 Å². The SMILES string of the molecule is CCOc1ccc(S(=O)(=O)N2C[C@@H]3COCC[C@]3(C(=O)O)C2)cc1C. The maximum atomic E-state index is 13.0. The Morgan fingerprint density at radius 2 is 2.24 bits per heavy atom. The van der Waals surface area contributed by atoms with Crippen LogP contribution in [0, 0.1) is 18.3 Å². The molecule has 1 N–H and O–H groups in total. The molecule has 0 spiro atoms. The molecule has 3 rings (SSSR count). The van der Waals surface area contributed by atoms with Crippen molar-refractivity contribution in [2.45, 2.75) is 25.2 Å². The van der Waals surface area contributed by atoms with E-state index in [1.54, 1.807) is 19.1 Å². The Morgan fingerprint density at radius 3 is 2.84 bits per heavy atom. The monoisotopic (exact) mass is 369 g/mol. The van der Waals surface area contributed by atoms with Crippen LogP contribution in [0.4, 0.5) is 0 Å². The van der Waals surface area contributed by atoms with Crippen molar-refractivity contribution in [3.05, 3.63) is 23.8 Å². The third kappa shape index (κ3) is 3.02. The number of carboxylic acid groups (broad SMARTS) is 1. The van der Waals surface area contributed by atoms with Crippen molar-refractivity contribution in [1.29, 1.82) is 0 Å². The average molecular weight is 369 g/mol. The molecule has 138 valence electrons. The van der Waals surface area contributed by atoms with Crippen LogP contribution < -0.4 is 4.74 Å². The molecule has 8 heteroatoms. The molecule has 25 heavy (non-hydrogen) atoms. The molecule has 1 aromatic carbocycles. The number of nitrogens with zero attached hydrogens (tertiary/aromatic N) is 1. The number of rotatable bonds is 5. The summed E-state index contributed by atoms with van der Waals surface area (Å²) in [5.41, 5.74) is -0.318. The second-order valence-electron chi connectivity index (χ2n) is 6.64. The molecule has 2 aliphatic rings. The Hall–Kier alpha value is -1.64. The van der Waals surface area contributed by atoms with Gasteiger partial charge in [0.25, 0.3) is 0 Å². The standard InChI is InChI=1S/C17H23NO6S/c1-3-24-15-5-4-14(8-12(15)2)25(21,22)18-9-13-10-23-7-6-17(13,11-18)16(19)20/h4-5,8,13H,3,6-7,9-11H2,1-2H3,(H,19,20)/t13-,17+/m1/s1. The predicted molar refractivity (Wildman–Crippen MR) is 90.1 cm³/mol. The fourth-order valence-electron chi connectivity index (χ4n) is 3.69. The number of sulfonamides is 1. The van der Waals surface area contributed by atoms with E-state index in [0.29, 0.717) is 25.4 Å². The summed E-state index contributed by atoms with van der Waals surface area (Å²) in [7, 11) is -3.76. The summed E-state index contributed by atoms with van der Waals surface area (Å²) >= 11 is 0. The van der Waals surface area contributed by atoms with E-state index in [1.807, 2.05) is 6.92 Å². The molecule has 0 amide bonds. The quantitative estimate of drug-likeness (QED) is 0.846. The first-order valence-electron chi connectivity index (χ1n) is 8.36.